The lowest BCUT2D eigenvalue weighted by atomic mass is 9.95. The predicted molar refractivity (Wildman–Crippen MR) is 81.5 cm³/mol. The number of hydrogen-bond acceptors (Lipinski definition) is 2. The van der Waals surface area contributed by atoms with Crippen LogP contribution < -0.4 is 0 Å². The van der Waals surface area contributed by atoms with Crippen LogP contribution in [0.15, 0.2) is 42.6 Å². The maximum Gasteiger partial charge on any atom is 0.310 e. The van der Waals surface area contributed by atoms with Crippen molar-refractivity contribution in [3.8, 4) is 0 Å². The summed E-state index contributed by atoms with van der Waals surface area (Å²) < 4.78 is 14.1. The lowest BCUT2D eigenvalue weighted by molar-refractivity contribution is -0.143. The van der Waals surface area contributed by atoms with Crippen molar-refractivity contribution < 1.29 is 14.3 Å². The number of benzene rings is 1. The first-order valence-electron chi connectivity index (χ1n) is 7.11. The molecule has 2 aromatic rings. The van der Waals surface area contributed by atoms with Gasteiger partial charge in [0, 0.05) is 18.0 Å². The number of carboxylic acid groups (broad SMARTS) is 1. The third-order valence-electron chi connectivity index (χ3n) is 4.67. The van der Waals surface area contributed by atoms with E-state index in [0.717, 1.165) is 5.56 Å². The van der Waals surface area contributed by atoms with Gasteiger partial charge in [-0.05, 0) is 29.7 Å². The summed E-state index contributed by atoms with van der Waals surface area (Å²) in [5, 5.41) is 10.1. The minimum absolute atomic E-state index is 0.295. The predicted octanol–water partition coefficient (Wildman–Crippen LogP) is 4.24. The minimum Gasteiger partial charge on any atom is -0.481 e. The van der Waals surface area contributed by atoms with Gasteiger partial charge in [-0.15, -0.1) is 0 Å². The first kappa shape index (κ1) is 15.0. The van der Waals surface area contributed by atoms with Gasteiger partial charge >= 0.3 is 5.97 Å². The van der Waals surface area contributed by atoms with Gasteiger partial charge in [0.15, 0.2) is 0 Å². The van der Waals surface area contributed by atoms with Crippen LogP contribution in [0.4, 0.5) is 4.39 Å². The molecule has 0 aliphatic heterocycles. The first-order valence-corrected chi connectivity index (χ1v) is 7.49. The second kappa shape index (κ2) is 5.36. The number of aliphatic carboxylic acids is 1. The van der Waals surface area contributed by atoms with E-state index in [1.165, 1.54) is 6.07 Å². The van der Waals surface area contributed by atoms with Crippen molar-refractivity contribution in [1.29, 1.82) is 0 Å². The molecule has 22 heavy (non-hydrogen) atoms. The van der Waals surface area contributed by atoms with Crippen LogP contribution in [0.2, 0.25) is 5.15 Å². The molecule has 3 nitrogen and oxygen atoms in total. The molecular formula is C17H15ClFNO2. The van der Waals surface area contributed by atoms with Gasteiger partial charge in [-0.25, -0.2) is 9.37 Å². The average Bonchev–Trinajstić information content (AvgIpc) is 3.18. The molecule has 1 aliphatic rings. The van der Waals surface area contributed by atoms with Gasteiger partial charge in [0.25, 0.3) is 0 Å². The highest BCUT2D eigenvalue weighted by Gasteiger charge is 2.70. The molecule has 3 atom stereocenters. The summed E-state index contributed by atoms with van der Waals surface area (Å²) in [5.74, 6) is -1.95. The maximum absolute atomic E-state index is 14.1. The highest BCUT2D eigenvalue weighted by molar-refractivity contribution is 6.29. The summed E-state index contributed by atoms with van der Waals surface area (Å²) in [6, 6.07) is 9.78. The Morgan fingerprint density at radius 3 is 2.59 bits per heavy atom. The SMILES string of the molecule is CC[C@@]1(C(=O)O)[C@H](c2ccccc2F)[C@@H]1c1ccc(Cl)nc1. The molecular weight excluding hydrogens is 305 g/mol. The van der Waals surface area contributed by atoms with Crippen LogP contribution in [-0.4, -0.2) is 16.1 Å². The zero-order valence-electron chi connectivity index (χ0n) is 12.0. The van der Waals surface area contributed by atoms with Crippen LogP contribution in [0.25, 0.3) is 0 Å². The summed E-state index contributed by atoms with van der Waals surface area (Å²) in [6.07, 6.45) is 2.01. The van der Waals surface area contributed by atoms with Crippen molar-refractivity contribution >= 4 is 17.6 Å². The smallest absolute Gasteiger partial charge is 0.310 e. The van der Waals surface area contributed by atoms with Gasteiger partial charge in [0.05, 0.1) is 5.41 Å². The molecule has 0 spiro atoms. The average molecular weight is 320 g/mol. The number of nitrogens with zero attached hydrogens (tertiary/aromatic N) is 1. The van der Waals surface area contributed by atoms with E-state index < -0.39 is 11.4 Å². The van der Waals surface area contributed by atoms with Crippen molar-refractivity contribution in [2.75, 3.05) is 0 Å². The Hall–Kier alpha value is -1.94. The van der Waals surface area contributed by atoms with Crippen LogP contribution in [-0.2, 0) is 4.79 Å². The number of aromatic nitrogens is 1. The van der Waals surface area contributed by atoms with E-state index in [9.17, 15) is 14.3 Å². The number of hydrogen-bond donors (Lipinski definition) is 1. The van der Waals surface area contributed by atoms with E-state index in [-0.39, 0.29) is 17.7 Å². The Bertz CT molecular complexity index is 719. The van der Waals surface area contributed by atoms with E-state index in [1.54, 1.807) is 36.5 Å². The Balaban J connectivity index is 2.09. The minimum atomic E-state index is -0.988. The summed E-state index contributed by atoms with van der Waals surface area (Å²) >= 11 is 5.80. The zero-order valence-corrected chi connectivity index (χ0v) is 12.7. The molecule has 1 aromatic carbocycles. The van der Waals surface area contributed by atoms with Gasteiger partial charge in [-0.3, -0.25) is 4.79 Å². The summed E-state index contributed by atoms with van der Waals surface area (Å²) in [7, 11) is 0. The van der Waals surface area contributed by atoms with Crippen molar-refractivity contribution in [3.63, 3.8) is 0 Å². The molecule has 0 radical (unpaired) electrons. The standard InChI is InChI=1S/C17H15ClFNO2/c1-2-17(16(21)22)14(10-7-8-13(18)20-9-10)15(17)11-5-3-4-6-12(11)19/h3-9,14-15H,2H2,1H3,(H,21,22)/t14-,15+,17-/m0/s1. The summed E-state index contributed by atoms with van der Waals surface area (Å²) in [5.41, 5.74) is 0.242. The maximum atomic E-state index is 14.1. The molecule has 1 fully saturated rings. The van der Waals surface area contributed by atoms with Gasteiger partial charge in [0.1, 0.15) is 11.0 Å². The van der Waals surface area contributed by atoms with E-state index in [4.69, 9.17) is 11.6 Å². The lowest BCUT2D eigenvalue weighted by Crippen LogP contribution is -2.18. The largest absolute Gasteiger partial charge is 0.481 e. The Morgan fingerprint density at radius 2 is 2.05 bits per heavy atom. The summed E-state index contributed by atoms with van der Waals surface area (Å²) in [6.45, 7) is 1.82. The number of carbonyl (C=O) groups is 1. The number of halogens is 2. The fourth-order valence-electron chi connectivity index (χ4n) is 3.54. The molecule has 114 valence electrons. The number of pyridine rings is 1. The van der Waals surface area contributed by atoms with Crippen molar-refractivity contribution in [1.82, 2.24) is 4.98 Å². The fraction of sp³-hybridized carbons (Fsp3) is 0.294. The molecule has 1 aliphatic carbocycles. The fourth-order valence-corrected chi connectivity index (χ4v) is 3.65. The quantitative estimate of drug-likeness (QED) is 0.858. The molecule has 3 rings (SSSR count). The Kier molecular flexibility index (Phi) is 3.65. The second-order valence-electron chi connectivity index (χ2n) is 5.59. The van der Waals surface area contributed by atoms with Crippen molar-refractivity contribution in [3.05, 3.63) is 64.7 Å². The molecule has 1 saturated carbocycles. The normalized spacial score (nSPS) is 26.7. The van der Waals surface area contributed by atoms with Gasteiger partial charge in [0.2, 0.25) is 0 Å². The monoisotopic (exact) mass is 319 g/mol. The Labute approximate surface area is 132 Å². The number of rotatable bonds is 4. The molecule has 1 N–H and O–H groups in total. The molecule has 0 amide bonds. The molecule has 1 heterocycles. The number of carboxylic acids is 1. The van der Waals surface area contributed by atoms with E-state index in [2.05, 4.69) is 4.98 Å². The molecule has 5 heteroatoms. The van der Waals surface area contributed by atoms with Crippen LogP contribution in [0.1, 0.15) is 36.3 Å². The Morgan fingerprint density at radius 1 is 1.32 bits per heavy atom. The highest BCUT2D eigenvalue weighted by Crippen LogP contribution is 2.72. The molecule has 0 bridgehead atoms. The first-order chi connectivity index (χ1) is 10.5. The summed E-state index contributed by atoms with van der Waals surface area (Å²) in [4.78, 5) is 15.9. The van der Waals surface area contributed by atoms with E-state index >= 15 is 0 Å². The van der Waals surface area contributed by atoms with Crippen LogP contribution in [0.3, 0.4) is 0 Å². The van der Waals surface area contributed by atoms with Crippen LogP contribution >= 0.6 is 11.6 Å². The topological polar surface area (TPSA) is 50.2 Å². The van der Waals surface area contributed by atoms with Crippen LogP contribution in [0.5, 0.6) is 0 Å². The molecule has 0 unspecified atom stereocenters. The zero-order chi connectivity index (χ0) is 15.9. The second-order valence-corrected chi connectivity index (χ2v) is 5.98. The van der Waals surface area contributed by atoms with Crippen LogP contribution in [0, 0.1) is 11.2 Å². The van der Waals surface area contributed by atoms with Gasteiger partial charge in [-0.1, -0.05) is 42.8 Å². The highest BCUT2D eigenvalue weighted by atomic mass is 35.5. The molecule has 0 saturated heterocycles. The third kappa shape index (κ3) is 2.10. The lowest BCUT2D eigenvalue weighted by Gasteiger charge is -2.10. The van der Waals surface area contributed by atoms with Crippen molar-refractivity contribution in [2.45, 2.75) is 25.2 Å². The third-order valence-corrected chi connectivity index (χ3v) is 4.89. The van der Waals surface area contributed by atoms with Gasteiger partial charge < -0.3 is 5.11 Å². The van der Waals surface area contributed by atoms with Gasteiger partial charge in [-0.2, -0.15) is 0 Å². The molecule has 1 aromatic heterocycles. The van der Waals surface area contributed by atoms with Crippen molar-refractivity contribution in [2.24, 2.45) is 5.41 Å². The van der Waals surface area contributed by atoms with E-state index in [1.807, 2.05) is 6.92 Å². The van der Waals surface area contributed by atoms with E-state index in [0.29, 0.717) is 17.1 Å².